The Bertz CT molecular complexity index is 1420. The van der Waals surface area contributed by atoms with E-state index in [1.54, 1.807) is 18.2 Å². The molecule has 4 rings (SSSR count). The second-order valence-corrected chi connectivity index (χ2v) is 7.84. The number of benzene rings is 2. The molecule has 4 aromatic rings. The first-order valence-electron chi connectivity index (χ1n) is 9.20. The van der Waals surface area contributed by atoms with Gasteiger partial charge in [0, 0.05) is 16.8 Å². The van der Waals surface area contributed by atoms with E-state index in [1.165, 1.54) is 24.4 Å². The Morgan fingerprint density at radius 2 is 2.12 bits per heavy atom. The molecule has 0 bridgehead atoms. The lowest BCUT2D eigenvalue weighted by Crippen LogP contribution is -2.21. The first-order chi connectivity index (χ1) is 15.9. The maximum atomic E-state index is 15.4. The number of fused-ring (bicyclic) bond motifs is 1. The van der Waals surface area contributed by atoms with E-state index in [4.69, 9.17) is 26.4 Å². The number of rotatable bonds is 5. The highest BCUT2D eigenvalue weighted by atomic mass is 79.9. The molecule has 0 aliphatic heterocycles. The number of methoxy groups -OCH3 is 1. The zero-order valence-corrected chi connectivity index (χ0v) is 19.1. The van der Waals surface area contributed by atoms with E-state index in [9.17, 15) is 4.79 Å². The van der Waals surface area contributed by atoms with Crippen LogP contribution in [0.25, 0.3) is 11.0 Å². The Kier molecular flexibility index (Phi) is 6.39. The minimum absolute atomic E-state index is 0.0220. The molecular weight excluding hydrogens is 521 g/mol. The number of nitrogens with zero attached hydrogens (tertiary/aromatic N) is 5. The van der Waals surface area contributed by atoms with Crippen molar-refractivity contribution in [3.8, 4) is 17.6 Å². The van der Waals surface area contributed by atoms with E-state index < -0.39 is 12.0 Å². The van der Waals surface area contributed by atoms with Gasteiger partial charge in [0.05, 0.1) is 35.1 Å². The zero-order valence-electron chi connectivity index (χ0n) is 16.8. The smallest absolute Gasteiger partial charge is 0.453 e. The number of nitriles is 1. The molecule has 0 aliphatic carbocycles. The van der Waals surface area contributed by atoms with Crippen molar-refractivity contribution < 1.29 is 23.5 Å². The second-order valence-electron chi connectivity index (χ2n) is 6.55. The van der Waals surface area contributed by atoms with Crippen LogP contribution in [-0.2, 0) is 11.2 Å². The molecule has 2 heterocycles. The molecule has 9 nitrogen and oxygen atoms in total. The van der Waals surface area contributed by atoms with Crippen LogP contribution < -0.4 is 9.57 Å². The topological polar surface area (TPSA) is 112 Å². The molecule has 0 radical (unpaired) electrons. The molecule has 33 heavy (non-hydrogen) atoms. The third kappa shape index (κ3) is 4.72. The first kappa shape index (κ1) is 22.4. The van der Waals surface area contributed by atoms with Crippen LogP contribution >= 0.6 is 27.5 Å². The summed E-state index contributed by atoms with van der Waals surface area (Å²) < 4.78 is 26.0. The molecule has 0 spiro atoms. The number of carbonyl (C=O) groups is 1. The van der Waals surface area contributed by atoms with E-state index in [0.717, 1.165) is 12.0 Å². The lowest BCUT2D eigenvalue weighted by Gasteiger charge is -2.12. The first-order valence-corrected chi connectivity index (χ1v) is 10.4. The summed E-state index contributed by atoms with van der Waals surface area (Å²) in [4.78, 5) is 17.3. The molecule has 0 atom stereocenters. The van der Waals surface area contributed by atoms with Crippen molar-refractivity contribution in [1.82, 2.24) is 20.1 Å². The minimum atomic E-state index is -1.000. The van der Waals surface area contributed by atoms with Crippen molar-refractivity contribution in [2.45, 2.75) is 6.42 Å². The van der Waals surface area contributed by atoms with Crippen LogP contribution in [0.1, 0.15) is 16.8 Å². The van der Waals surface area contributed by atoms with Gasteiger partial charge in [-0.2, -0.15) is 10.4 Å². The maximum absolute atomic E-state index is 15.4. The van der Waals surface area contributed by atoms with E-state index in [0.29, 0.717) is 15.6 Å². The summed E-state index contributed by atoms with van der Waals surface area (Å²) >= 11 is 9.30. The van der Waals surface area contributed by atoms with Gasteiger partial charge < -0.3 is 9.47 Å². The van der Waals surface area contributed by atoms with Crippen molar-refractivity contribution in [3.05, 3.63) is 74.7 Å². The number of carbonyl (C=O) groups excluding carboxylic acids is 1. The van der Waals surface area contributed by atoms with Crippen molar-refractivity contribution in [3.63, 3.8) is 0 Å². The van der Waals surface area contributed by atoms with Gasteiger partial charge in [-0.05, 0) is 51.8 Å². The average molecular weight is 533 g/mol. The maximum Gasteiger partial charge on any atom is 0.534 e. The van der Waals surface area contributed by atoms with Crippen LogP contribution in [-0.4, -0.2) is 33.4 Å². The molecule has 12 heteroatoms. The van der Waals surface area contributed by atoms with E-state index >= 15 is 4.39 Å². The van der Waals surface area contributed by atoms with Crippen molar-refractivity contribution >= 4 is 44.7 Å². The van der Waals surface area contributed by atoms with Gasteiger partial charge in [0.25, 0.3) is 0 Å². The SMILES string of the molecule is COC(=O)On1nc(Cc2ccc(Br)c(Oc3cc(Cl)cc(C#N)c3)c2F)c2ccnnc21. The van der Waals surface area contributed by atoms with Crippen LogP contribution in [0, 0.1) is 17.1 Å². The number of ether oxygens (including phenoxy) is 2. The largest absolute Gasteiger partial charge is 0.534 e. The fourth-order valence-electron chi connectivity index (χ4n) is 2.99. The fraction of sp³-hybridized carbons (Fsp3) is 0.0952. The normalized spacial score (nSPS) is 10.6. The number of hydrogen-bond acceptors (Lipinski definition) is 8. The van der Waals surface area contributed by atoms with Crippen LogP contribution in [0.5, 0.6) is 11.5 Å². The van der Waals surface area contributed by atoms with Crippen LogP contribution in [0.3, 0.4) is 0 Å². The summed E-state index contributed by atoms with van der Waals surface area (Å²) in [6, 6.07) is 11.2. The van der Waals surface area contributed by atoms with Gasteiger partial charge in [0.1, 0.15) is 5.75 Å². The summed E-state index contributed by atoms with van der Waals surface area (Å²) in [6.07, 6.45) is 0.461. The third-order valence-corrected chi connectivity index (χ3v) is 5.28. The average Bonchev–Trinajstić information content (AvgIpc) is 3.15. The molecular formula is C21H12BrClFN5O4. The van der Waals surface area contributed by atoms with Gasteiger partial charge in [0.15, 0.2) is 11.6 Å². The zero-order chi connectivity index (χ0) is 23.5. The Balaban J connectivity index is 1.71. The van der Waals surface area contributed by atoms with Crippen molar-refractivity contribution in [2.75, 3.05) is 7.11 Å². The highest BCUT2D eigenvalue weighted by molar-refractivity contribution is 9.10. The molecule has 0 amide bonds. The molecule has 0 aliphatic rings. The lowest BCUT2D eigenvalue weighted by molar-refractivity contribution is 0.0555. The van der Waals surface area contributed by atoms with Crippen LogP contribution in [0.4, 0.5) is 9.18 Å². The fourth-order valence-corrected chi connectivity index (χ4v) is 3.60. The van der Waals surface area contributed by atoms with E-state index in [1.807, 2.05) is 6.07 Å². The van der Waals surface area contributed by atoms with Crippen molar-refractivity contribution in [1.29, 1.82) is 5.26 Å². The number of aromatic nitrogens is 4. The monoisotopic (exact) mass is 531 g/mol. The lowest BCUT2D eigenvalue weighted by atomic mass is 10.1. The van der Waals surface area contributed by atoms with Gasteiger partial charge in [-0.1, -0.05) is 22.5 Å². The van der Waals surface area contributed by atoms with Crippen LogP contribution in [0.2, 0.25) is 5.02 Å². The van der Waals surface area contributed by atoms with Gasteiger partial charge in [0.2, 0.25) is 5.65 Å². The molecule has 2 aromatic heterocycles. The molecule has 0 saturated heterocycles. The molecule has 166 valence electrons. The standard InChI is InChI=1S/C21H12BrClFN5O4/c1-31-21(30)33-29-20-15(4-5-26-27-20)17(28-29)8-12-2-3-16(22)19(18(12)24)32-14-7-11(10-25)6-13(23)9-14/h2-7,9H,8H2,1H3. The van der Waals surface area contributed by atoms with E-state index in [2.05, 4.69) is 36.0 Å². The third-order valence-electron chi connectivity index (χ3n) is 4.44. The summed E-state index contributed by atoms with van der Waals surface area (Å²) in [5.74, 6) is -0.540. The molecule has 0 N–H and O–H groups in total. The highest BCUT2D eigenvalue weighted by Crippen LogP contribution is 2.36. The molecule has 0 saturated carbocycles. The quantitative estimate of drug-likeness (QED) is 0.336. The Morgan fingerprint density at radius 1 is 1.30 bits per heavy atom. The predicted octanol–water partition coefficient (Wildman–Crippen LogP) is 4.83. The predicted molar refractivity (Wildman–Crippen MR) is 117 cm³/mol. The Morgan fingerprint density at radius 3 is 2.88 bits per heavy atom. The molecule has 0 fully saturated rings. The number of hydrogen-bond donors (Lipinski definition) is 0. The molecule has 2 aromatic carbocycles. The Labute approximate surface area is 199 Å². The Hall–Kier alpha value is -3.75. The van der Waals surface area contributed by atoms with Crippen molar-refractivity contribution in [2.24, 2.45) is 0 Å². The summed E-state index contributed by atoms with van der Waals surface area (Å²) in [5.41, 5.74) is 1.06. The summed E-state index contributed by atoms with van der Waals surface area (Å²) in [7, 11) is 1.15. The van der Waals surface area contributed by atoms with Crippen LogP contribution in [0.15, 0.2) is 47.1 Å². The van der Waals surface area contributed by atoms with Gasteiger partial charge in [-0.15, -0.1) is 10.2 Å². The second kappa shape index (κ2) is 9.40. The number of halogens is 3. The molecule has 0 unspecified atom stereocenters. The van der Waals surface area contributed by atoms with Gasteiger partial charge in [-0.25, -0.2) is 9.18 Å². The summed E-state index contributed by atoms with van der Waals surface area (Å²) in [5, 5.41) is 21.8. The summed E-state index contributed by atoms with van der Waals surface area (Å²) in [6.45, 7) is 0. The minimum Gasteiger partial charge on any atom is -0.453 e. The van der Waals surface area contributed by atoms with Gasteiger partial charge >= 0.3 is 6.16 Å². The highest BCUT2D eigenvalue weighted by Gasteiger charge is 2.20. The van der Waals surface area contributed by atoms with Gasteiger partial charge in [-0.3, -0.25) is 4.84 Å². The van der Waals surface area contributed by atoms with E-state index in [-0.39, 0.29) is 39.7 Å².